The van der Waals surface area contributed by atoms with E-state index in [1.807, 2.05) is 30.3 Å². The van der Waals surface area contributed by atoms with Crippen LogP contribution in [0.1, 0.15) is 5.56 Å². The van der Waals surface area contributed by atoms with Crippen LogP contribution < -0.4 is 9.47 Å². The van der Waals surface area contributed by atoms with Crippen LogP contribution in [0.3, 0.4) is 0 Å². The second-order valence-corrected chi connectivity index (χ2v) is 5.42. The van der Waals surface area contributed by atoms with Gasteiger partial charge in [0.25, 0.3) is 0 Å². The summed E-state index contributed by atoms with van der Waals surface area (Å²) in [6.07, 6.45) is 5.12. The first-order valence-corrected chi connectivity index (χ1v) is 8.00. The minimum Gasteiger partial charge on any atom is -0.481 e. The van der Waals surface area contributed by atoms with E-state index >= 15 is 0 Å². The number of allylic oxidation sites excluding steroid dienone is 2. The van der Waals surface area contributed by atoms with Crippen molar-refractivity contribution in [3.05, 3.63) is 65.2 Å². The van der Waals surface area contributed by atoms with E-state index in [9.17, 15) is 0 Å². The lowest BCUT2D eigenvalue weighted by Crippen LogP contribution is -2.00. The van der Waals surface area contributed by atoms with Gasteiger partial charge in [0.1, 0.15) is 24.7 Å². The number of benzene rings is 2. The zero-order valence-electron chi connectivity index (χ0n) is 13.3. The Morgan fingerprint density at radius 3 is 2.40 bits per heavy atom. The number of aliphatic imine (C=N–C) groups is 1. The first-order valence-electron chi connectivity index (χ1n) is 7.62. The average molecular weight is 348 g/mol. The van der Waals surface area contributed by atoms with Crippen molar-refractivity contribution in [1.82, 2.24) is 0 Å². The van der Waals surface area contributed by atoms with Gasteiger partial charge in [0, 0.05) is 22.9 Å². The molecule has 1 heterocycles. The van der Waals surface area contributed by atoms with E-state index in [1.54, 1.807) is 30.5 Å². The van der Waals surface area contributed by atoms with Crippen molar-refractivity contribution in [3.63, 3.8) is 0 Å². The van der Waals surface area contributed by atoms with Crippen LogP contribution in [0.25, 0.3) is 0 Å². The Morgan fingerprint density at radius 1 is 0.920 bits per heavy atom. The topological polar surface area (TPSA) is 30.8 Å². The number of hydrogen-bond donors (Lipinski definition) is 0. The van der Waals surface area contributed by atoms with Crippen LogP contribution in [0.2, 0.25) is 5.02 Å². The van der Waals surface area contributed by atoms with Gasteiger partial charge in [-0.2, -0.15) is 0 Å². The molecule has 0 N–H and O–H groups in total. The van der Waals surface area contributed by atoms with Crippen molar-refractivity contribution in [3.8, 4) is 35.2 Å². The zero-order valence-corrected chi connectivity index (χ0v) is 14.1. The molecule has 0 atom stereocenters. The molecule has 0 saturated heterocycles. The molecule has 3 rings (SSSR count). The maximum atomic E-state index is 5.89. The molecule has 0 unspecified atom stereocenters. The quantitative estimate of drug-likeness (QED) is 0.594. The van der Waals surface area contributed by atoms with Crippen LogP contribution >= 0.6 is 11.6 Å². The van der Waals surface area contributed by atoms with E-state index in [0.717, 1.165) is 11.3 Å². The van der Waals surface area contributed by atoms with Gasteiger partial charge in [-0.05, 0) is 48.6 Å². The lowest BCUT2D eigenvalue weighted by molar-refractivity contribution is 0.351. The summed E-state index contributed by atoms with van der Waals surface area (Å²) in [5, 5.41) is 0.678. The summed E-state index contributed by atoms with van der Waals surface area (Å²) in [4.78, 5) is 4.45. The van der Waals surface area contributed by atoms with Gasteiger partial charge in [0.15, 0.2) is 0 Å². The normalized spacial score (nSPS) is 14.3. The monoisotopic (exact) mass is 347 g/mol. The fourth-order valence-electron chi connectivity index (χ4n) is 2.03. The van der Waals surface area contributed by atoms with Crippen molar-refractivity contribution in [2.45, 2.75) is 0 Å². The van der Waals surface area contributed by atoms with Gasteiger partial charge in [-0.15, -0.1) is 0 Å². The molecule has 1 aliphatic heterocycles. The Morgan fingerprint density at radius 2 is 1.64 bits per heavy atom. The molecule has 0 amide bonds. The summed E-state index contributed by atoms with van der Waals surface area (Å²) in [7, 11) is 0. The number of hydrogen-bond acceptors (Lipinski definition) is 3. The van der Waals surface area contributed by atoms with Gasteiger partial charge >= 0.3 is 0 Å². The minimum absolute atomic E-state index is 0.267. The van der Waals surface area contributed by atoms with Crippen LogP contribution in [-0.2, 0) is 0 Å². The predicted octanol–water partition coefficient (Wildman–Crippen LogP) is 4.42. The molecule has 0 aliphatic carbocycles. The third kappa shape index (κ3) is 5.18. The van der Waals surface area contributed by atoms with Crippen LogP contribution in [-0.4, -0.2) is 19.4 Å². The summed E-state index contributed by atoms with van der Waals surface area (Å²) >= 11 is 5.89. The molecular weight excluding hydrogens is 334 g/mol. The summed E-state index contributed by atoms with van der Waals surface area (Å²) < 4.78 is 11.4. The average Bonchev–Trinajstić information content (AvgIpc) is 2.65. The van der Waals surface area contributed by atoms with Gasteiger partial charge in [-0.1, -0.05) is 35.3 Å². The first-order chi connectivity index (χ1) is 12.3. The van der Waals surface area contributed by atoms with Crippen molar-refractivity contribution >= 4 is 23.5 Å². The molecule has 25 heavy (non-hydrogen) atoms. The molecule has 1 aliphatic rings. The summed E-state index contributed by atoms with van der Waals surface area (Å²) in [5.74, 6) is 12.9. The van der Waals surface area contributed by atoms with E-state index in [1.165, 1.54) is 0 Å². The van der Waals surface area contributed by atoms with Gasteiger partial charge in [0.05, 0.1) is 5.69 Å². The largest absolute Gasteiger partial charge is 0.481 e. The highest BCUT2D eigenvalue weighted by molar-refractivity contribution is 6.30. The third-order valence-corrected chi connectivity index (χ3v) is 3.48. The molecule has 0 radical (unpaired) electrons. The van der Waals surface area contributed by atoms with Crippen LogP contribution in [0.5, 0.6) is 11.5 Å². The maximum absolute atomic E-state index is 5.89. The van der Waals surface area contributed by atoms with E-state index in [2.05, 4.69) is 28.7 Å². The maximum Gasteiger partial charge on any atom is 0.149 e. The van der Waals surface area contributed by atoms with E-state index < -0.39 is 0 Å². The Balaban J connectivity index is 1.85. The first kappa shape index (κ1) is 16.7. The van der Waals surface area contributed by atoms with Crippen molar-refractivity contribution in [2.24, 2.45) is 4.99 Å². The van der Waals surface area contributed by atoms with Gasteiger partial charge in [-0.3, -0.25) is 4.99 Å². The fourth-order valence-corrected chi connectivity index (χ4v) is 2.15. The van der Waals surface area contributed by atoms with E-state index in [-0.39, 0.29) is 6.61 Å². The molecule has 4 heteroatoms. The highest BCUT2D eigenvalue weighted by atomic mass is 35.5. The van der Waals surface area contributed by atoms with E-state index in [0.29, 0.717) is 23.1 Å². The van der Waals surface area contributed by atoms with Gasteiger partial charge in [0.2, 0.25) is 0 Å². The van der Waals surface area contributed by atoms with Crippen LogP contribution in [0.15, 0.2) is 59.6 Å². The lowest BCUT2D eigenvalue weighted by atomic mass is 10.2. The third-order valence-electron chi connectivity index (χ3n) is 3.23. The molecule has 3 nitrogen and oxygen atoms in total. The molecule has 2 aromatic rings. The second kappa shape index (κ2) is 8.64. The Labute approximate surface area is 152 Å². The van der Waals surface area contributed by atoms with Gasteiger partial charge < -0.3 is 9.47 Å². The fraction of sp³-hybridized carbons (Fsp3) is 0.0952. The SMILES string of the molecule is Clc1ccc(N=Cc2ccc3cc2OCC#C/C=C\C#CCO3)cc1. The Hall–Kier alpha value is -3.14. The Bertz CT molecular complexity index is 922. The molecule has 0 fully saturated rings. The number of fused-ring (bicyclic) bond motifs is 2. The second-order valence-electron chi connectivity index (χ2n) is 4.99. The standard InChI is InChI=1S/C21H14ClNO2/c22-18-8-10-19(11-9-18)23-16-17-7-12-20-15-21(17)25-14-6-4-2-1-3-5-13-24-20/h1-2,7-12,15-16H,13-14H2/b2-1-,23-16?. The smallest absolute Gasteiger partial charge is 0.149 e. The number of rotatable bonds is 2. The number of halogens is 1. The van der Waals surface area contributed by atoms with Gasteiger partial charge in [-0.25, -0.2) is 0 Å². The summed E-state index contributed by atoms with van der Waals surface area (Å²) in [5.41, 5.74) is 1.64. The van der Waals surface area contributed by atoms with Crippen LogP contribution in [0, 0.1) is 23.7 Å². The highest BCUT2D eigenvalue weighted by Gasteiger charge is 2.05. The van der Waals surface area contributed by atoms with E-state index in [4.69, 9.17) is 21.1 Å². The molecule has 0 aromatic heterocycles. The number of nitrogens with zero attached hydrogens (tertiary/aromatic N) is 1. The van der Waals surface area contributed by atoms with Crippen molar-refractivity contribution in [2.75, 3.05) is 13.2 Å². The lowest BCUT2D eigenvalue weighted by Gasteiger charge is -2.09. The molecule has 2 aromatic carbocycles. The molecule has 122 valence electrons. The Kier molecular flexibility index (Phi) is 5.77. The predicted molar refractivity (Wildman–Crippen MR) is 101 cm³/mol. The van der Waals surface area contributed by atoms with Crippen molar-refractivity contribution in [1.29, 1.82) is 0 Å². The molecule has 0 spiro atoms. The summed E-state index contributed by atoms with van der Waals surface area (Å²) in [6, 6.07) is 12.9. The molecule has 0 saturated carbocycles. The number of ether oxygens (including phenoxy) is 2. The van der Waals surface area contributed by atoms with Crippen LogP contribution in [0.4, 0.5) is 5.69 Å². The van der Waals surface area contributed by atoms with Crippen molar-refractivity contribution < 1.29 is 9.47 Å². The summed E-state index contributed by atoms with van der Waals surface area (Å²) in [6.45, 7) is 0.568. The highest BCUT2D eigenvalue weighted by Crippen LogP contribution is 2.25. The molecular formula is C21H14ClNO2. The minimum atomic E-state index is 0.267. The zero-order chi connectivity index (χ0) is 17.3. The molecule has 2 bridgehead atoms.